The largest absolute Gasteiger partial charge is 0.457 e. The smallest absolute Gasteiger partial charge is 0.130 e. The molecule has 0 heterocycles. The zero-order valence-corrected chi connectivity index (χ0v) is 13.4. The van der Waals surface area contributed by atoms with Crippen LogP contribution in [-0.2, 0) is 6.42 Å². The van der Waals surface area contributed by atoms with Gasteiger partial charge in [0.15, 0.2) is 0 Å². The highest BCUT2D eigenvalue weighted by Gasteiger charge is 2.05. The van der Waals surface area contributed by atoms with Gasteiger partial charge in [-0.05, 0) is 61.1 Å². The van der Waals surface area contributed by atoms with Crippen molar-refractivity contribution in [3.63, 3.8) is 0 Å². The first-order valence-electron chi connectivity index (χ1n) is 7.58. The summed E-state index contributed by atoms with van der Waals surface area (Å²) in [5, 5.41) is 0. The molecule has 0 spiro atoms. The number of hydrogen-bond donors (Lipinski definition) is 1. The molecule has 2 nitrogen and oxygen atoms in total. The molecule has 1 atom stereocenters. The van der Waals surface area contributed by atoms with Crippen LogP contribution in [0, 0.1) is 6.92 Å². The number of hydrogen-bond acceptors (Lipinski definition) is 2. The van der Waals surface area contributed by atoms with Crippen LogP contribution in [0.1, 0.15) is 43.4 Å². The van der Waals surface area contributed by atoms with Crippen molar-refractivity contribution >= 4 is 0 Å². The second-order valence-corrected chi connectivity index (χ2v) is 6.11. The molecular weight excluding hydrogens is 258 g/mol. The number of rotatable bonds is 5. The topological polar surface area (TPSA) is 35.2 Å². The molecule has 0 fully saturated rings. The van der Waals surface area contributed by atoms with Crippen LogP contribution in [-0.4, -0.2) is 6.04 Å². The van der Waals surface area contributed by atoms with Gasteiger partial charge < -0.3 is 10.5 Å². The molecule has 112 valence electrons. The Labute approximate surface area is 127 Å². The Balaban J connectivity index is 2.12. The van der Waals surface area contributed by atoms with Crippen LogP contribution >= 0.6 is 0 Å². The predicted molar refractivity (Wildman–Crippen MR) is 89.1 cm³/mol. The standard InChI is InChI=1S/C19H25NO/c1-13(2)17-6-8-18(9-7-17)21-19-10-5-16(11-14(19)3)12-15(4)20/h5-11,13,15H,12,20H2,1-4H3. The Morgan fingerprint density at radius 1 is 1.00 bits per heavy atom. The summed E-state index contributed by atoms with van der Waals surface area (Å²) in [5.41, 5.74) is 9.56. The van der Waals surface area contributed by atoms with E-state index in [0.29, 0.717) is 5.92 Å². The molecule has 2 aromatic carbocycles. The molecule has 0 aliphatic carbocycles. The van der Waals surface area contributed by atoms with Gasteiger partial charge in [0.05, 0.1) is 0 Å². The molecule has 0 aliphatic rings. The average Bonchev–Trinajstić information content (AvgIpc) is 2.42. The highest BCUT2D eigenvalue weighted by atomic mass is 16.5. The first-order chi connectivity index (χ1) is 9.95. The van der Waals surface area contributed by atoms with E-state index in [0.717, 1.165) is 23.5 Å². The monoisotopic (exact) mass is 283 g/mol. The zero-order chi connectivity index (χ0) is 15.4. The van der Waals surface area contributed by atoms with Crippen molar-refractivity contribution in [2.24, 2.45) is 5.73 Å². The second kappa shape index (κ2) is 6.77. The number of ether oxygens (including phenoxy) is 1. The lowest BCUT2D eigenvalue weighted by Crippen LogP contribution is -2.17. The highest BCUT2D eigenvalue weighted by Crippen LogP contribution is 2.27. The zero-order valence-electron chi connectivity index (χ0n) is 13.4. The van der Waals surface area contributed by atoms with Crippen LogP contribution in [0.25, 0.3) is 0 Å². The Hall–Kier alpha value is -1.80. The molecule has 0 saturated carbocycles. The maximum absolute atomic E-state index is 5.97. The van der Waals surface area contributed by atoms with E-state index in [2.05, 4.69) is 45.0 Å². The van der Waals surface area contributed by atoms with E-state index < -0.39 is 0 Å². The minimum Gasteiger partial charge on any atom is -0.457 e. The van der Waals surface area contributed by atoms with Gasteiger partial charge in [-0.15, -0.1) is 0 Å². The van der Waals surface area contributed by atoms with Crippen molar-refractivity contribution in [1.29, 1.82) is 0 Å². The Morgan fingerprint density at radius 3 is 2.19 bits per heavy atom. The minimum absolute atomic E-state index is 0.180. The molecule has 2 rings (SSSR count). The molecular formula is C19H25NO. The van der Waals surface area contributed by atoms with Crippen LogP contribution in [0.2, 0.25) is 0 Å². The van der Waals surface area contributed by atoms with Gasteiger partial charge in [-0.3, -0.25) is 0 Å². The van der Waals surface area contributed by atoms with E-state index in [1.807, 2.05) is 25.1 Å². The molecule has 0 aliphatic heterocycles. The van der Waals surface area contributed by atoms with Crippen LogP contribution in [0.3, 0.4) is 0 Å². The second-order valence-electron chi connectivity index (χ2n) is 6.11. The lowest BCUT2D eigenvalue weighted by atomic mass is 10.0. The van der Waals surface area contributed by atoms with E-state index in [4.69, 9.17) is 10.5 Å². The van der Waals surface area contributed by atoms with Crippen LogP contribution in [0.4, 0.5) is 0 Å². The quantitative estimate of drug-likeness (QED) is 0.855. The molecule has 1 unspecified atom stereocenters. The van der Waals surface area contributed by atoms with Crippen molar-refractivity contribution < 1.29 is 4.74 Å². The minimum atomic E-state index is 0.180. The molecule has 2 N–H and O–H groups in total. The molecule has 0 saturated heterocycles. The Kier molecular flexibility index (Phi) is 5.03. The summed E-state index contributed by atoms with van der Waals surface area (Å²) in [4.78, 5) is 0. The number of aryl methyl sites for hydroxylation is 1. The Morgan fingerprint density at radius 2 is 1.67 bits per heavy atom. The fourth-order valence-corrected chi connectivity index (χ4v) is 2.37. The first kappa shape index (κ1) is 15.6. The number of nitrogens with two attached hydrogens (primary N) is 1. The average molecular weight is 283 g/mol. The molecule has 2 aromatic rings. The molecule has 21 heavy (non-hydrogen) atoms. The van der Waals surface area contributed by atoms with Crippen molar-refractivity contribution in [3.05, 3.63) is 59.2 Å². The van der Waals surface area contributed by atoms with Crippen LogP contribution in [0.5, 0.6) is 11.5 Å². The van der Waals surface area contributed by atoms with Crippen molar-refractivity contribution in [3.8, 4) is 11.5 Å². The van der Waals surface area contributed by atoms with Gasteiger partial charge in [-0.25, -0.2) is 0 Å². The van der Waals surface area contributed by atoms with Gasteiger partial charge in [-0.2, -0.15) is 0 Å². The normalized spacial score (nSPS) is 12.5. The van der Waals surface area contributed by atoms with Crippen LogP contribution in [0.15, 0.2) is 42.5 Å². The summed E-state index contributed by atoms with van der Waals surface area (Å²) in [6.07, 6.45) is 0.893. The van der Waals surface area contributed by atoms with Crippen molar-refractivity contribution in [2.45, 2.75) is 46.1 Å². The lowest BCUT2D eigenvalue weighted by molar-refractivity contribution is 0.478. The van der Waals surface area contributed by atoms with Gasteiger partial charge in [0.2, 0.25) is 0 Å². The molecule has 0 bridgehead atoms. The maximum atomic E-state index is 5.97. The first-order valence-corrected chi connectivity index (χ1v) is 7.58. The third-order valence-electron chi connectivity index (χ3n) is 3.57. The lowest BCUT2D eigenvalue weighted by Gasteiger charge is -2.12. The third kappa shape index (κ3) is 4.33. The molecule has 0 radical (unpaired) electrons. The fraction of sp³-hybridized carbons (Fsp3) is 0.368. The SMILES string of the molecule is Cc1cc(CC(C)N)ccc1Oc1ccc(C(C)C)cc1. The highest BCUT2D eigenvalue weighted by molar-refractivity contribution is 5.40. The predicted octanol–water partition coefficient (Wildman–Crippen LogP) is 4.80. The summed E-state index contributed by atoms with van der Waals surface area (Å²) < 4.78 is 5.97. The summed E-state index contributed by atoms with van der Waals surface area (Å²) in [7, 11) is 0. The molecule has 0 amide bonds. The van der Waals surface area contributed by atoms with Gasteiger partial charge in [0.25, 0.3) is 0 Å². The third-order valence-corrected chi connectivity index (χ3v) is 3.57. The Bertz CT molecular complexity index is 585. The van der Waals surface area contributed by atoms with Gasteiger partial charge in [0, 0.05) is 6.04 Å². The summed E-state index contributed by atoms with van der Waals surface area (Å²) >= 11 is 0. The van der Waals surface area contributed by atoms with Gasteiger partial charge >= 0.3 is 0 Å². The van der Waals surface area contributed by atoms with Crippen molar-refractivity contribution in [1.82, 2.24) is 0 Å². The summed E-state index contributed by atoms with van der Waals surface area (Å²) in [6, 6.07) is 14.8. The number of benzene rings is 2. The van der Waals surface area contributed by atoms with E-state index >= 15 is 0 Å². The summed E-state index contributed by atoms with van der Waals surface area (Å²) in [5.74, 6) is 2.32. The van der Waals surface area contributed by atoms with Gasteiger partial charge in [-0.1, -0.05) is 38.1 Å². The van der Waals surface area contributed by atoms with E-state index in [-0.39, 0.29) is 6.04 Å². The molecule has 0 aromatic heterocycles. The summed E-state index contributed by atoms with van der Waals surface area (Å²) in [6.45, 7) is 8.48. The van der Waals surface area contributed by atoms with Gasteiger partial charge in [0.1, 0.15) is 11.5 Å². The van der Waals surface area contributed by atoms with E-state index in [1.165, 1.54) is 11.1 Å². The van der Waals surface area contributed by atoms with E-state index in [1.54, 1.807) is 0 Å². The van der Waals surface area contributed by atoms with Crippen molar-refractivity contribution in [2.75, 3.05) is 0 Å². The molecule has 2 heteroatoms. The fourth-order valence-electron chi connectivity index (χ4n) is 2.37. The van der Waals surface area contributed by atoms with Crippen LogP contribution < -0.4 is 10.5 Å². The van der Waals surface area contributed by atoms with E-state index in [9.17, 15) is 0 Å². The maximum Gasteiger partial charge on any atom is 0.130 e.